The van der Waals surface area contributed by atoms with Gasteiger partial charge >= 0.3 is 5.97 Å². The van der Waals surface area contributed by atoms with E-state index in [4.69, 9.17) is 11.5 Å². The molecule has 0 bridgehead atoms. The van der Waals surface area contributed by atoms with E-state index >= 15 is 0 Å². The van der Waals surface area contributed by atoms with E-state index in [1.54, 1.807) is 0 Å². The average Bonchev–Trinajstić information content (AvgIpc) is 2.54. The highest BCUT2D eigenvalue weighted by Gasteiger charge is 2.46. The predicted molar refractivity (Wildman–Crippen MR) is 91.6 cm³/mol. The highest BCUT2D eigenvalue weighted by molar-refractivity contribution is 6.10. The van der Waals surface area contributed by atoms with E-state index < -0.39 is 16.6 Å². The van der Waals surface area contributed by atoms with Crippen LogP contribution in [0.2, 0.25) is 0 Å². The van der Waals surface area contributed by atoms with Crippen molar-refractivity contribution in [3.8, 4) is 0 Å². The monoisotopic (exact) mass is 346 g/mol. The Labute approximate surface area is 143 Å². The van der Waals surface area contributed by atoms with Crippen LogP contribution >= 0.6 is 0 Å². The molecular formula is C15H18N6O4. The summed E-state index contributed by atoms with van der Waals surface area (Å²) in [4.78, 5) is 32.3. The van der Waals surface area contributed by atoms with Gasteiger partial charge in [0.25, 0.3) is 5.69 Å². The average molecular weight is 346 g/mol. The number of rotatable bonds is 3. The maximum absolute atomic E-state index is 11.7. The Morgan fingerprint density at radius 2 is 1.96 bits per heavy atom. The van der Waals surface area contributed by atoms with E-state index in [1.165, 1.54) is 23.1 Å². The van der Waals surface area contributed by atoms with Gasteiger partial charge in [0.1, 0.15) is 11.4 Å². The molecule has 0 amide bonds. The second kappa shape index (κ2) is 6.04. The molecule has 25 heavy (non-hydrogen) atoms. The van der Waals surface area contributed by atoms with E-state index in [-0.39, 0.29) is 28.9 Å². The largest absolute Gasteiger partial charge is 0.478 e. The topological polar surface area (TPSA) is 160 Å². The zero-order chi connectivity index (χ0) is 18.2. The standard InChI is InChI=1S/C15H18N6O4/c16-13-18-14(17)20(15(19-13)7-2-1-3-8-15)11-9(12(22)23)5-4-6-10(11)21(24)25/h4-6H,1-3,7-8H2,(H,22,23)(H4,16,17,18,19). The summed E-state index contributed by atoms with van der Waals surface area (Å²) in [6.45, 7) is 0. The highest BCUT2D eigenvalue weighted by atomic mass is 16.6. The van der Waals surface area contributed by atoms with E-state index in [0.717, 1.165) is 19.3 Å². The summed E-state index contributed by atoms with van der Waals surface area (Å²) in [6.07, 6.45) is 3.74. The minimum Gasteiger partial charge on any atom is -0.478 e. The lowest BCUT2D eigenvalue weighted by Crippen LogP contribution is -2.58. The molecule has 1 aromatic rings. The number of carboxylic acids is 1. The van der Waals surface area contributed by atoms with Gasteiger partial charge in [-0.2, -0.15) is 4.99 Å². The number of nitro benzene ring substituents is 1. The molecule has 5 N–H and O–H groups in total. The third kappa shape index (κ3) is 2.75. The molecule has 10 nitrogen and oxygen atoms in total. The van der Waals surface area contributed by atoms with Crippen LogP contribution in [0.15, 0.2) is 28.2 Å². The number of anilines is 1. The van der Waals surface area contributed by atoms with Gasteiger partial charge in [-0.3, -0.25) is 15.0 Å². The van der Waals surface area contributed by atoms with Crippen molar-refractivity contribution in [1.29, 1.82) is 0 Å². The molecule has 10 heteroatoms. The SMILES string of the molecule is NC1=NC2(CCCCC2)N(c2c(C(=O)O)cccc2[N+](=O)[O-])C(N)=N1. The molecule has 1 heterocycles. The van der Waals surface area contributed by atoms with Crippen LogP contribution < -0.4 is 16.4 Å². The van der Waals surface area contributed by atoms with Gasteiger partial charge < -0.3 is 16.6 Å². The van der Waals surface area contributed by atoms with Crippen LogP contribution in [0.4, 0.5) is 11.4 Å². The van der Waals surface area contributed by atoms with Crippen molar-refractivity contribution in [2.75, 3.05) is 4.90 Å². The van der Waals surface area contributed by atoms with Crippen LogP contribution in [-0.4, -0.2) is 33.6 Å². The Kier molecular flexibility index (Phi) is 4.03. The van der Waals surface area contributed by atoms with E-state index in [2.05, 4.69) is 9.98 Å². The maximum Gasteiger partial charge on any atom is 0.338 e. The van der Waals surface area contributed by atoms with Gasteiger partial charge in [0.15, 0.2) is 0 Å². The van der Waals surface area contributed by atoms with Gasteiger partial charge in [-0.25, -0.2) is 9.79 Å². The second-order valence-electron chi connectivity index (χ2n) is 6.05. The Bertz CT molecular complexity index is 765. The lowest BCUT2D eigenvalue weighted by molar-refractivity contribution is -0.384. The number of para-hydroxylation sites is 1. The number of aliphatic imine (C=N–C) groups is 2. The first-order valence-electron chi connectivity index (χ1n) is 7.86. The predicted octanol–water partition coefficient (Wildman–Crippen LogP) is 1.40. The molecule has 2 aliphatic rings. The van der Waals surface area contributed by atoms with Crippen LogP contribution in [0.25, 0.3) is 0 Å². The number of hydrogen-bond donors (Lipinski definition) is 3. The third-order valence-electron chi connectivity index (χ3n) is 4.52. The molecule has 0 radical (unpaired) electrons. The first-order valence-corrected chi connectivity index (χ1v) is 7.86. The fourth-order valence-corrected chi connectivity index (χ4v) is 3.53. The number of guanidine groups is 2. The van der Waals surface area contributed by atoms with Crippen LogP contribution in [0, 0.1) is 10.1 Å². The minimum atomic E-state index is -1.29. The molecule has 0 unspecified atom stereocenters. The number of hydrogen-bond acceptors (Lipinski definition) is 8. The van der Waals surface area contributed by atoms with Gasteiger partial charge in [-0.15, -0.1) is 0 Å². The molecule has 1 aromatic carbocycles. The first-order chi connectivity index (χ1) is 11.9. The maximum atomic E-state index is 11.7. The minimum absolute atomic E-state index is 0.00823. The fraction of sp³-hybridized carbons (Fsp3) is 0.400. The van der Waals surface area contributed by atoms with Crippen LogP contribution in [0.3, 0.4) is 0 Å². The Morgan fingerprint density at radius 3 is 2.56 bits per heavy atom. The summed E-state index contributed by atoms with van der Waals surface area (Å²) in [5, 5.41) is 21.1. The molecular weight excluding hydrogens is 328 g/mol. The molecule has 1 saturated carbocycles. The van der Waals surface area contributed by atoms with Crippen molar-refractivity contribution in [1.82, 2.24) is 0 Å². The van der Waals surface area contributed by atoms with E-state index in [9.17, 15) is 20.0 Å². The summed E-state index contributed by atoms with van der Waals surface area (Å²) < 4.78 is 0. The number of nitrogens with two attached hydrogens (primary N) is 2. The van der Waals surface area contributed by atoms with Crippen molar-refractivity contribution in [3.63, 3.8) is 0 Å². The van der Waals surface area contributed by atoms with E-state index in [1.807, 2.05) is 0 Å². The Morgan fingerprint density at radius 1 is 1.28 bits per heavy atom. The molecule has 0 saturated heterocycles. The molecule has 1 spiro atoms. The van der Waals surface area contributed by atoms with Gasteiger partial charge in [0, 0.05) is 6.07 Å². The quantitative estimate of drug-likeness (QED) is 0.550. The summed E-state index contributed by atoms with van der Waals surface area (Å²) in [7, 11) is 0. The van der Waals surface area contributed by atoms with Crippen LogP contribution in [0.1, 0.15) is 42.5 Å². The number of nitro groups is 1. The Balaban J connectivity index is 2.27. The molecule has 1 fully saturated rings. The van der Waals surface area contributed by atoms with Crippen molar-refractivity contribution in [2.45, 2.75) is 37.8 Å². The summed E-state index contributed by atoms with van der Waals surface area (Å²) in [5.41, 5.74) is 10.2. The number of aromatic carboxylic acids is 1. The molecule has 1 aliphatic carbocycles. The molecule has 1 aliphatic heterocycles. The fourth-order valence-electron chi connectivity index (χ4n) is 3.53. The van der Waals surface area contributed by atoms with Crippen LogP contribution in [0.5, 0.6) is 0 Å². The molecule has 132 valence electrons. The van der Waals surface area contributed by atoms with Gasteiger partial charge in [0.2, 0.25) is 11.9 Å². The van der Waals surface area contributed by atoms with Gasteiger partial charge in [0.05, 0.1) is 10.5 Å². The molecule has 0 atom stereocenters. The smallest absolute Gasteiger partial charge is 0.338 e. The zero-order valence-electron chi connectivity index (χ0n) is 13.4. The molecule has 0 aromatic heterocycles. The lowest BCUT2D eigenvalue weighted by atomic mass is 9.86. The zero-order valence-corrected chi connectivity index (χ0v) is 13.4. The number of carboxylic acid groups (broad SMARTS) is 1. The third-order valence-corrected chi connectivity index (χ3v) is 4.52. The molecule has 3 rings (SSSR count). The van der Waals surface area contributed by atoms with Gasteiger partial charge in [-0.05, 0) is 31.7 Å². The van der Waals surface area contributed by atoms with Crippen molar-refractivity contribution in [3.05, 3.63) is 33.9 Å². The second-order valence-corrected chi connectivity index (χ2v) is 6.05. The summed E-state index contributed by atoms with van der Waals surface area (Å²) >= 11 is 0. The number of nitrogens with zero attached hydrogens (tertiary/aromatic N) is 4. The number of carbonyl (C=O) groups is 1. The first kappa shape index (κ1) is 16.7. The highest BCUT2D eigenvalue weighted by Crippen LogP contribution is 2.43. The van der Waals surface area contributed by atoms with Crippen LogP contribution in [-0.2, 0) is 0 Å². The normalized spacial score (nSPS) is 19.3. The van der Waals surface area contributed by atoms with Crippen molar-refractivity contribution in [2.24, 2.45) is 21.5 Å². The van der Waals surface area contributed by atoms with Crippen molar-refractivity contribution >= 4 is 29.3 Å². The van der Waals surface area contributed by atoms with E-state index in [0.29, 0.717) is 12.8 Å². The van der Waals surface area contributed by atoms with Crippen molar-refractivity contribution < 1.29 is 14.8 Å². The Hall–Kier alpha value is -3.17. The number of benzene rings is 1. The summed E-state index contributed by atoms with van der Waals surface area (Å²) in [5.74, 6) is -1.39. The lowest BCUT2D eigenvalue weighted by Gasteiger charge is -2.45. The van der Waals surface area contributed by atoms with Gasteiger partial charge in [-0.1, -0.05) is 12.5 Å². The summed E-state index contributed by atoms with van der Waals surface area (Å²) in [6, 6.07) is 3.87.